The number of hydrogen-bond acceptors (Lipinski definition) is 6. The summed E-state index contributed by atoms with van der Waals surface area (Å²) in [5.41, 5.74) is 1.63. The Bertz CT molecular complexity index is 1400. The number of nitrogens with zero attached hydrogens (tertiary/aromatic N) is 3. The molecule has 4 rings (SSSR count). The molecule has 0 spiro atoms. The molecule has 7 nitrogen and oxygen atoms in total. The summed E-state index contributed by atoms with van der Waals surface area (Å²) in [6.07, 6.45) is -1.99. The van der Waals surface area contributed by atoms with Gasteiger partial charge in [0.25, 0.3) is 0 Å². The smallest absolute Gasteiger partial charge is 0.394 e. The zero-order chi connectivity index (χ0) is 27.6. The molecule has 0 N–H and O–H groups in total. The number of anilines is 1. The Hall–Kier alpha value is -3.46. The molecule has 1 aromatic heterocycles. The molecule has 0 bridgehead atoms. The Balaban J connectivity index is 1.70. The second kappa shape index (κ2) is 11.1. The minimum Gasteiger partial charge on any atom is -0.497 e. The average Bonchev–Trinajstić information content (AvgIpc) is 3.18. The minimum atomic E-state index is -3.35. The summed E-state index contributed by atoms with van der Waals surface area (Å²) in [4.78, 5) is 32.7. The van der Waals surface area contributed by atoms with Crippen LogP contribution in [0.25, 0.3) is 0 Å². The van der Waals surface area contributed by atoms with Crippen LogP contribution in [-0.2, 0) is 4.79 Å². The van der Waals surface area contributed by atoms with Gasteiger partial charge in [-0.1, -0.05) is 0 Å². The van der Waals surface area contributed by atoms with Crippen LogP contribution in [0.15, 0.2) is 54.7 Å². The van der Waals surface area contributed by atoms with Crippen molar-refractivity contribution in [1.82, 2.24) is 4.98 Å². The molecule has 0 radical (unpaired) electrons. The van der Waals surface area contributed by atoms with Gasteiger partial charge in [-0.25, -0.2) is 4.98 Å². The highest BCUT2D eigenvalue weighted by Crippen LogP contribution is 2.40. The third kappa shape index (κ3) is 5.83. The minimum absolute atomic E-state index is 0.0748. The fourth-order valence-electron chi connectivity index (χ4n) is 4.68. The van der Waals surface area contributed by atoms with Crippen LogP contribution in [-0.4, -0.2) is 36.4 Å². The Kier molecular flexibility index (Phi) is 8.06. The zero-order valence-corrected chi connectivity index (χ0v) is 23.0. The first-order valence-electron chi connectivity index (χ1n) is 11.6. The van der Waals surface area contributed by atoms with Crippen molar-refractivity contribution in [3.63, 3.8) is 0 Å². The van der Waals surface area contributed by atoms with Gasteiger partial charge in [0.2, 0.25) is 5.91 Å². The van der Waals surface area contributed by atoms with Gasteiger partial charge in [-0.3, -0.25) is 9.59 Å². The number of methoxy groups -OCH3 is 1. The van der Waals surface area contributed by atoms with Crippen LogP contribution in [0.5, 0.6) is 11.5 Å². The van der Waals surface area contributed by atoms with E-state index >= 15 is 0 Å². The highest BCUT2D eigenvalue weighted by atomic mass is 31.0. The topological polar surface area (TPSA) is 92.5 Å². The van der Waals surface area contributed by atoms with Crippen molar-refractivity contribution in [2.24, 2.45) is 5.92 Å². The number of aromatic nitrogens is 1. The molecule has 38 heavy (non-hydrogen) atoms. The first-order chi connectivity index (χ1) is 18.0. The van der Waals surface area contributed by atoms with Gasteiger partial charge in [0, 0.05) is 37.6 Å². The van der Waals surface area contributed by atoms with Crippen molar-refractivity contribution in [3.05, 3.63) is 71.5 Å². The zero-order valence-electron chi connectivity index (χ0n) is 20.7. The van der Waals surface area contributed by atoms with E-state index in [-0.39, 0.29) is 47.6 Å². The molecule has 1 aliphatic heterocycles. The van der Waals surface area contributed by atoms with Crippen LogP contribution in [0.2, 0.25) is 0 Å². The number of ether oxygens (including phenoxy) is 2. The molecule has 1 amide bonds. The van der Waals surface area contributed by atoms with E-state index in [2.05, 4.69) is 28.2 Å². The van der Waals surface area contributed by atoms with Gasteiger partial charge < -0.3 is 14.4 Å². The Morgan fingerprint density at radius 2 is 1.84 bits per heavy atom. The summed E-state index contributed by atoms with van der Waals surface area (Å²) in [6, 6.07) is 14.4. The monoisotopic (exact) mass is 555 g/mol. The molecule has 0 aliphatic carbocycles. The van der Waals surface area contributed by atoms with Crippen molar-refractivity contribution in [2.45, 2.75) is 25.4 Å². The number of hydrogen-bond donors (Lipinski definition) is 0. The lowest BCUT2D eigenvalue weighted by Gasteiger charge is -2.22. The van der Waals surface area contributed by atoms with Crippen LogP contribution in [0.1, 0.15) is 40.9 Å². The molecule has 11 heteroatoms. The quantitative estimate of drug-likeness (QED) is 0.309. The summed E-state index contributed by atoms with van der Waals surface area (Å²) in [7, 11) is 6.90. The van der Waals surface area contributed by atoms with E-state index in [9.17, 15) is 23.6 Å². The van der Waals surface area contributed by atoms with E-state index in [0.717, 1.165) is 16.2 Å². The summed E-state index contributed by atoms with van der Waals surface area (Å²) < 4.78 is 36.2. The Morgan fingerprint density at radius 3 is 2.42 bits per heavy atom. The van der Waals surface area contributed by atoms with Crippen molar-refractivity contribution < 1.29 is 27.8 Å². The highest BCUT2D eigenvalue weighted by molar-refractivity contribution is 7.29. The molecule has 1 fully saturated rings. The first kappa shape index (κ1) is 27.6. The predicted octanol–water partition coefficient (Wildman–Crippen LogP) is 3.97. The summed E-state index contributed by atoms with van der Waals surface area (Å²) in [5.74, 6) is -1.17. The van der Waals surface area contributed by atoms with Gasteiger partial charge >= 0.3 is 6.11 Å². The number of ketones is 1. The second-order valence-electron chi connectivity index (χ2n) is 8.93. The number of Topliss-reactive ketones (excluding diaryl/α,β-unsaturated/α-hetero) is 1. The SMILES string of the molecule is COc1cc(P)c([C@@H]2CN(c3cccnc3C#N)C(=O)[C@H]2CC(=O)c2ccc(OC(C)(F)F)cc2)c(P)c1. The molecule has 1 saturated heterocycles. The van der Waals surface area contributed by atoms with Gasteiger partial charge in [-0.15, -0.1) is 18.5 Å². The number of halogens is 2. The molecule has 2 unspecified atom stereocenters. The van der Waals surface area contributed by atoms with Crippen LogP contribution in [0.4, 0.5) is 14.5 Å². The number of carbonyl (C=O) groups excluding carboxylic acids is 2. The molecule has 4 atom stereocenters. The van der Waals surface area contributed by atoms with Crippen molar-refractivity contribution in [2.75, 3.05) is 18.6 Å². The van der Waals surface area contributed by atoms with Crippen LogP contribution in [0, 0.1) is 17.2 Å². The lowest BCUT2D eigenvalue weighted by Crippen LogP contribution is -2.29. The third-order valence-electron chi connectivity index (χ3n) is 6.33. The number of amides is 1. The van der Waals surface area contributed by atoms with E-state index < -0.39 is 12.0 Å². The highest BCUT2D eigenvalue weighted by Gasteiger charge is 2.44. The van der Waals surface area contributed by atoms with E-state index in [1.54, 1.807) is 19.2 Å². The number of rotatable bonds is 8. The maximum absolute atomic E-state index is 13.8. The normalized spacial score (nSPS) is 17.3. The van der Waals surface area contributed by atoms with E-state index in [0.29, 0.717) is 18.4 Å². The Morgan fingerprint density at radius 1 is 1.18 bits per heavy atom. The van der Waals surface area contributed by atoms with Crippen LogP contribution < -0.4 is 25.0 Å². The average molecular weight is 555 g/mol. The molecule has 2 heterocycles. The standard InChI is InChI=1S/C27H25F2N3O4P2/c1-27(28,29)36-16-7-5-15(6-8-16)22(33)12-18-19(25-23(37)10-17(35-2)11-24(25)38)14-32(26(18)34)21-4-3-9-31-20(21)13-30/h3-11,18-19H,12,14,37-38H2,1-2H3/t18-,19+/m0/s1. The maximum atomic E-state index is 13.8. The summed E-state index contributed by atoms with van der Waals surface area (Å²) in [6.45, 7) is 0.869. The molecule has 196 valence electrons. The predicted molar refractivity (Wildman–Crippen MR) is 146 cm³/mol. The number of carbonyl (C=O) groups is 2. The van der Waals surface area contributed by atoms with Gasteiger partial charge in [-0.2, -0.15) is 14.0 Å². The fourth-order valence-corrected chi connectivity index (χ4v) is 5.93. The number of benzene rings is 2. The van der Waals surface area contributed by atoms with Crippen molar-refractivity contribution in [3.8, 4) is 17.6 Å². The summed E-state index contributed by atoms with van der Waals surface area (Å²) in [5, 5.41) is 11.2. The Labute approximate surface area is 223 Å². The second-order valence-corrected chi connectivity index (χ2v) is 10.2. The van der Waals surface area contributed by atoms with Crippen LogP contribution in [0.3, 0.4) is 0 Å². The largest absolute Gasteiger partial charge is 0.497 e. The van der Waals surface area contributed by atoms with Gasteiger partial charge in [-0.05, 0) is 64.7 Å². The lowest BCUT2D eigenvalue weighted by molar-refractivity contribution is -0.158. The van der Waals surface area contributed by atoms with Crippen molar-refractivity contribution >= 4 is 46.5 Å². The van der Waals surface area contributed by atoms with Crippen LogP contribution >= 0.6 is 18.5 Å². The number of pyridine rings is 1. The van der Waals surface area contributed by atoms with Gasteiger partial charge in [0.15, 0.2) is 11.5 Å². The van der Waals surface area contributed by atoms with E-state index in [1.165, 1.54) is 35.4 Å². The van der Waals surface area contributed by atoms with Crippen molar-refractivity contribution in [1.29, 1.82) is 5.26 Å². The molecule has 3 aromatic rings. The molecule has 0 saturated carbocycles. The maximum Gasteiger partial charge on any atom is 0.394 e. The fraction of sp³-hybridized carbons (Fsp3) is 0.259. The van der Waals surface area contributed by atoms with E-state index in [4.69, 9.17) is 4.74 Å². The van der Waals surface area contributed by atoms with Gasteiger partial charge in [0.1, 0.15) is 17.6 Å². The molecular weight excluding hydrogens is 530 g/mol. The number of nitriles is 1. The third-order valence-corrected chi connectivity index (χ3v) is 7.29. The first-order valence-corrected chi connectivity index (χ1v) is 12.8. The molecule has 2 aromatic carbocycles. The lowest BCUT2D eigenvalue weighted by atomic mass is 9.84. The molecule has 1 aliphatic rings. The van der Waals surface area contributed by atoms with Gasteiger partial charge in [0.05, 0.1) is 18.7 Å². The number of alkyl halides is 2. The summed E-state index contributed by atoms with van der Waals surface area (Å²) >= 11 is 0. The molecular formula is C27H25F2N3O4P2. The van der Waals surface area contributed by atoms with E-state index in [1.807, 2.05) is 18.2 Å².